The summed E-state index contributed by atoms with van der Waals surface area (Å²) in [5.74, 6) is 0.698. The Hall–Kier alpha value is -2.71. The Morgan fingerprint density at radius 1 is 1.17 bits per heavy atom. The summed E-state index contributed by atoms with van der Waals surface area (Å²) < 4.78 is 5.43. The Bertz CT molecular complexity index is 663. The predicted octanol–water partition coefficient (Wildman–Crippen LogP) is 3.02. The van der Waals surface area contributed by atoms with Crippen LogP contribution in [0.5, 0.6) is 5.75 Å². The van der Waals surface area contributed by atoms with Crippen molar-refractivity contribution < 1.29 is 9.84 Å². The van der Waals surface area contributed by atoms with E-state index in [9.17, 15) is 0 Å². The van der Waals surface area contributed by atoms with Crippen LogP contribution in [0.15, 0.2) is 48.5 Å². The third-order valence-corrected chi connectivity index (χ3v) is 3.66. The molecule has 0 heterocycles. The maximum Gasteiger partial charge on any atom is 0.181 e. The molecule has 24 heavy (non-hydrogen) atoms. The summed E-state index contributed by atoms with van der Waals surface area (Å²) in [6, 6.07) is 17.9. The molecular weight excluding hydrogens is 302 g/mol. The molecule has 1 unspecified atom stereocenters. The van der Waals surface area contributed by atoms with Crippen LogP contribution < -0.4 is 15.0 Å². The van der Waals surface area contributed by atoms with Gasteiger partial charge in [0.2, 0.25) is 0 Å². The monoisotopic (exact) mass is 325 g/mol. The maximum atomic E-state index is 8.97. The van der Waals surface area contributed by atoms with E-state index in [0.29, 0.717) is 18.8 Å². The molecule has 5 heteroatoms. The lowest BCUT2D eigenvalue weighted by molar-refractivity contribution is 0.276. The maximum absolute atomic E-state index is 8.97. The van der Waals surface area contributed by atoms with Gasteiger partial charge < -0.3 is 20.1 Å². The molecule has 1 atom stereocenters. The zero-order valence-electron chi connectivity index (χ0n) is 14.1. The van der Waals surface area contributed by atoms with E-state index in [1.54, 1.807) is 6.92 Å². The largest absolute Gasteiger partial charge is 0.476 e. The number of aliphatic hydroxyl groups is 1. The molecule has 5 nitrogen and oxygen atoms in total. The first-order valence-electron chi connectivity index (χ1n) is 7.93. The van der Waals surface area contributed by atoms with Crippen molar-refractivity contribution in [3.8, 4) is 11.8 Å². The van der Waals surface area contributed by atoms with Gasteiger partial charge >= 0.3 is 0 Å². The van der Waals surface area contributed by atoms with E-state index in [1.165, 1.54) is 0 Å². The molecule has 0 aliphatic heterocycles. The van der Waals surface area contributed by atoms with Crippen LogP contribution in [-0.2, 0) is 6.54 Å². The second-order valence-corrected chi connectivity index (χ2v) is 5.58. The first kappa shape index (κ1) is 17.6. The van der Waals surface area contributed by atoms with Gasteiger partial charge in [0.1, 0.15) is 11.8 Å². The number of benzene rings is 2. The van der Waals surface area contributed by atoms with Gasteiger partial charge in [0, 0.05) is 31.5 Å². The smallest absolute Gasteiger partial charge is 0.181 e. The van der Waals surface area contributed by atoms with E-state index >= 15 is 0 Å². The van der Waals surface area contributed by atoms with Crippen molar-refractivity contribution >= 4 is 11.4 Å². The molecule has 0 aliphatic rings. The summed E-state index contributed by atoms with van der Waals surface area (Å²) in [7, 11) is 1.95. The highest BCUT2D eigenvalue weighted by molar-refractivity contribution is 5.55. The number of nitrogens with zero attached hydrogens (tertiary/aromatic N) is 2. The average Bonchev–Trinajstić information content (AvgIpc) is 2.61. The fraction of sp³-hybridized carbons (Fsp3) is 0.316. The molecule has 0 aliphatic carbocycles. The summed E-state index contributed by atoms with van der Waals surface area (Å²) in [6.07, 6.45) is -0.448. The van der Waals surface area contributed by atoms with E-state index in [1.807, 2.05) is 66.5 Å². The third-order valence-electron chi connectivity index (χ3n) is 3.66. The quantitative estimate of drug-likeness (QED) is 0.781. The zero-order valence-corrected chi connectivity index (χ0v) is 14.1. The Morgan fingerprint density at radius 2 is 1.83 bits per heavy atom. The zero-order chi connectivity index (χ0) is 17.4. The summed E-state index contributed by atoms with van der Waals surface area (Å²) in [4.78, 5) is 2.00. The Labute approximate surface area is 143 Å². The molecule has 0 fully saturated rings. The van der Waals surface area contributed by atoms with Gasteiger partial charge in [0.25, 0.3) is 0 Å². The van der Waals surface area contributed by atoms with Crippen LogP contribution in [0, 0.1) is 11.3 Å². The minimum absolute atomic E-state index is 0.142. The summed E-state index contributed by atoms with van der Waals surface area (Å²) in [6.45, 7) is 3.19. The number of anilines is 2. The average molecular weight is 325 g/mol. The lowest BCUT2D eigenvalue weighted by Gasteiger charge is -2.18. The molecule has 0 amide bonds. The predicted molar refractivity (Wildman–Crippen MR) is 96.3 cm³/mol. The van der Waals surface area contributed by atoms with Gasteiger partial charge in [-0.15, -0.1) is 0 Å². The van der Waals surface area contributed by atoms with Gasteiger partial charge in [-0.1, -0.05) is 12.1 Å². The molecule has 0 saturated carbocycles. The molecule has 126 valence electrons. The molecule has 2 rings (SSSR count). The number of nitrogens with one attached hydrogen (secondary N) is 1. The molecule has 2 aromatic carbocycles. The number of rotatable bonds is 8. The van der Waals surface area contributed by atoms with E-state index in [0.717, 1.165) is 16.9 Å². The summed E-state index contributed by atoms with van der Waals surface area (Å²) >= 11 is 0. The Balaban J connectivity index is 1.88. The first-order chi connectivity index (χ1) is 11.6. The van der Waals surface area contributed by atoms with Crippen molar-refractivity contribution in [3.05, 3.63) is 54.1 Å². The van der Waals surface area contributed by atoms with Crippen LogP contribution in [0.3, 0.4) is 0 Å². The second kappa shape index (κ2) is 8.80. The van der Waals surface area contributed by atoms with Crippen LogP contribution in [0.2, 0.25) is 0 Å². The van der Waals surface area contributed by atoms with Gasteiger partial charge in [-0.05, 0) is 48.9 Å². The second-order valence-electron chi connectivity index (χ2n) is 5.58. The highest BCUT2D eigenvalue weighted by Gasteiger charge is 2.02. The molecule has 0 radical (unpaired) electrons. The van der Waals surface area contributed by atoms with Crippen LogP contribution in [-0.4, -0.2) is 31.4 Å². The van der Waals surface area contributed by atoms with Gasteiger partial charge in [-0.2, -0.15) is 5.26 Å². The van der Waals surface area contributed by atoms with E-state index < -0.39 is 6.10 Å². The van der Waals surface area contributed by atoms with Gasteiger partial charge in [-0.25, -0.2) is 0 Å². The normalized spacial score (nSPS) is 11.4. The fourth-order valence-corrected chi connectivity index (χ4v) is 2.23. The van der Waals surface area contributed by atoms with Crippen LogP contribution in [0.25, 0.3) is 0 Å². The molecular formula is C19H23N3O2. The summed E-state index contributed by atoms with van der Waals surface area (Å²) in [5, 5.41) is 21.1. The van der Waals surface area contributed by atoms with Crippen LogP contribution >= 0.6 is 0 Å². The molecule has 0 saturated heterocycles. The topological polar surface area (TPSA) is 68.5 Å². The molecule has 0 spiro atoms. The number of ether oxygens (including phenoxy) is 1. The third kappa shape index (κ3) is 5.18. The lowest BCUT2D eigenvalue weighted by Crippen LogP contribution is -2.20. The standard InChI is InChI=1S/C19H23N3O2/c1-15(13-20)24-19-9-3-16(4-10-19)14-21-17-5-7-18(8-6-17)22(2)11-12-23/h3-10,15,21,23H,11-12,14H2,1-2H3. The van der Waals surface area contributed by atoms with Crippen LogP contribution in [0.1, 0.15) is 12.5 Å². The minimum atomic E-state index is -0.448. The highest BCUT2D eigenvalue weighted by Crippen LogP contribution is 2.18. The van der Waals surface area contributed by atoms with Crippen molar-refractivity contribution in [2.24, 2.45) is 0 Å². The summed E-state index contributed by atoms with van der Waals surface area (Å²) in [5.41, 5.74) is 3.24. The van der Waals surface area contributed by atoms with Crippen molar-refractivity contribution in [3.63, 3.8) is 0 Å². The van der Waals surface area contributed by atoms with Crippen LogP contribution in [0.4, 0.5) is 11.4 Å². The number of aliphatic hydroxyl groups excluding tert-OH is 1. The van der Waals surface area contributed by atoms with Gasteiger partial charge in [-0.3, -0.25) is 0 Å². The van der Waals surface area contributed by atoms with Gasteiger partial charge in [0.15, 0.2) is 6.10 Å². The van der Waals surface area contributed by atoms with Gasteiger partial charge in [0.05, 0.1) is 6.61 Å². The van der Waals surface area contributed by atoms with Crippen molar-refractivity contribution in [1.29, 1.82) is 5.26 Å². The van der Waals surface area contributed by atoms with Crippen molar-refractivity contribution in [2.75, 3.05) is 30.4 Å². The number of hydrogen-bond acceptors (Lipinski definition) is 5. The molecule has 0 bridgehead atoms. The molecule has 2 N–H and O–H groups in total. The lowest BCUT2D eigenvalue weighted by atomic mass is 10.2. The molecule has 0 aromatic heterocycles. The number of hydrogen-bond donors (Lipinski definition) is 2. The SMILES string of the molecule is CC(C#N)Oc1ccc(CNc2ccc(N(C)CCO)cc2)cc1. The molecule has 2 aromatic rings. The highest BCUT2D eigenvalue weighted by atomic mass is 16.5. The fourth-order valence-electron chi connectivity index (χ4n) is 2.23. The minimum Gasteiger partial charge on any atom is -0.476 e. The van der Waals surface area contributed by atoms with Crippen molar-refractivity contribution in [1.82, 2.24) is 0 Å². The van der Waals surface area contributed by atoms with Crippen molar-refractivity contribution in [2.45, 2.75) is 19.6 Å². The van der Waals surface area contributed by atoms with E-state index in [2.05, 4.69) is 5.32 Å². The van der Waals surface area contributed by atoms with E-state index in [4.69, 9.17) is 15.1 Å². The number of nitriles is 1. The Morgan fingerprint density at radius 3 is 2.42 bits per heavy atom. The number of likely N-dealkylation sites (N-methyl/N-ethyl adjacent to an activating group) is 1. The van der Waals surface area contributed by atoms with E-state index in [-0.39, 0.29) is 6.61 Å². The first-order valence-corrected chi connectivity index (χ1v) is 7.93. The Kier molecular flexibility index (Phi) is 6.47.